The Hall–Kier alpha value is -2.31. The van der Waals surface area contributed by atoms with Gasteiger partial charge in [0.1, 0.15) is 0 Å². The number of aromatic nitrogens is 3. The van der Waals surface area contributed by atoms with Crippen molar-refractivity contribution < 1.29 is 4.79 Å². The fourth-order valence-corrected chi connectivity index (χ4v) is 4.05. The first-order valence-corrected chi connectivity index (χ1v) is 10.2. The number of nitrogens with one attached hydrogen (secondary N) is 2. The number of fused-ring (bicyclic) bond motifs is 1. The van der Waals surface area contributed by atoms with Crippen LogP contribution in [0.15, 0.2) is 53.7 Å². The van der Waals surface area contributed by atoms with Crippen LogP contribution in [0.25, 0.3) is 11.4 Å². The molecule has 0 aliphatic heterocycles. The van der Waals surface area contributed by atoms with Gasteiger partial charge in [0, 0.05) is 10.6 Å². The van der Waals surface area contributed by atoms with Gasteiger partial charge < -0.3 is 5.32 Å². The van der Waals surface area contributed by atoms with E-state index in [1.807, 2.05) is 30.3 Å². The summed E-state index contributed by atoms with van der Waals surface area (Å²) in [6.45, 7) is 0. The quantitative estimate of drug-likeness (QED) is 0.624. The highest BCUT2D eigenvalue weighted by Crippen LogP contribution is 2.29. The number of amides is 1. The molecule has 0 saturated heterocycles. The topological polar surface area (TPSA) is 70.7 Å². The van der Waals surface area contributed by atoms with E-state index in [4.69, 9.17) is 11.6 Å². The molecule has 2 N–H and O–H groups in total. The molecule has 2 aromatic carbocycles. The number of carbonyl (C=O) groups excluding carboxylic acids is 1. The molecule has 0 saturated carbocycles. The maximum absolute atomic E-state index is 12.4. The Balaban J connectivity index is 1.34. The van der Waals surface area contributed by atoms with Gasteiger partial charge in [0.05, 0.1) is 11.8 Å². The van der Waals surface area contributed by atoms with Crippen molar-refractivity contribution in [1.29, 1.82) is 0 Å². The number of hydrogen-bond acceptors (Lipinski definition) is 4. The van der Waals surface area contributed by atoms with Crippen LogP contribution in [-0.2, 0) is 11.2 Å². The van der Waals surface area contributed by atoms with Crippen molar-refractivity contribution in [1.82, 2.24) is 20.5 Å². The summed E-state index contributed by atoms with van der Waals surface area (Å²) in [5.74, 6) is 0.951. The highest BCUT2D eigenvalue weighted by molar-refractivity contribution is 7.99. The van der Waals surface area contributed by atoms with Crippen LogP contribution in [0, 0.1) is 0 Å². The van der Waals surface area contributed by atoms with Gasteiger partial charge in [-0.3, -0.25) is 9.89 Å². The van der Waals surface area contributed by atoms with Crippen molar-refractivity contribution in [2.75, 3.05) is 5.75 Å². The molecule has 0 fully saturated rings. The van der Waals surface area contributed by atoms with Crippen LogP contribution in [0.1, 0.15) is 30.0 Å². The van der Waals surface area contributed by atoms with E-state index in [2.05, 4.69) is 38.7 Å². The monoisotopic (exact) mass is 398 g/mol. The third kappa shape index (κ3) is 4.34. The molecule has 1 unspecified atom stereocenters. The number of H-pyrrole nitrogens is 1. The van der Waals surface area contributed by atoms with Gasteiger partial charge >= 0.3 is 0 Å². The summed E-state index contributed by atoms with van der Waals surface area (Å²) in [6, 6.07) is 15.8. The van der Waals surface area contributed by atoms with Crippen molar-refractivity contribution in [2.24, 2.45) is 0 Å². The number of hydrogen-bond donors (Lipinski definition) is 2. The molecule has 1 amide bonds. The normalized spacial score (nSPS) is 16.0. The number of aromatic amines is 1. The van der Waals surface area contributed by atoms with E-state index in [9.17, 15) is 4.79 Å². The van der Waals surface area contributed by atoms with Gasteiger partial charge in [-0.1, -0.05) is 47.6 Å². The number of thioether (sulfide) groups is 1. The lowest BCUT2D eigenvalue weighted by Gasteiger charge is -2.26. The zero-order valence-corrected chi connectivity index (χ0v) is 16.2. The Morgan fingerprint density at radius 2 is 2.04 bits per heavy atom. The molecule has 1 aromatic heterocycles. The zero-order valence-electron chi connectivity index (χ0n) is 14.6. The molecular weight excluding hydrogens is 380 g/mol. The Labute approximate surface area is 166 Å². The van der Waals surface area contributed by atoms with Crippen molar-refractivity contribution >= 4 is 29.3 Å². The lowest BCUT2D eigenvalue weighted by atomic mass is 9.88. The second kappa shape index (κ2) is 8.15. The molecule has 138 valence electrons. The number of rotatable bonds is 5. The van der Waals surface area contributed by atoms with Crippen LogP contribution in [0.2, 0.25) is 5.02 Å². The molecular formula is C20H19ClN4OS. The number of aryl methyl sites for hydroxylation is 1. The molecule has 0 bridgehead atoms. The Morgan fingerprint density at radius 3 is 2.89 bits per heavy atom. The maximum atomic E-state index is 12.4. The minimum Gasteiger partial charge on any atom is -0.349 e. The summed E-state index contributed by atoms with van der Waals surface area (Å²) in [5, 5.41) is 11.5. The Kier molecular flexibility index (Phi) is 5.45. The molecule has 1 aliphatic rings. The van der Waals surface area contributed by atoms with E-state index in [0.717, 1.165) is 24.8 Å². The number of halogens is 1. The maximum Gasteiger partial charge on any atom is 0.230 e. The molecule has 7 heteroatoms. The second-order valence-corrected chi connectivity index (χ2v) is 7.85. The smallest absolute Gasteiger partial charge is 0.230 e. The predicted molar refractivity (Wildman–Crippen MR) is 108 cm³/mol. The van der Waals surface area contributed by atoms with Gasteiger partial charge in [-0.25, -0.2) is 4.98 Å². The SMILES string of the molecule is O=C(CSc1n[nH]c(-c2ccc(Cl)cc2)n1)NC1CCCc2ccccc21. The molecule has 0 radical (unpaired) electrons. The summed E-state index contributed by atoms with van der Waals surface area (Å²) >= 11 is 7.23. The minimum atomic E-state index is -0.000420. The lowest BCUT2D eigenvalue weighted by molar-refractivity contribution is -0.119. The molecule has 0 spiro atoms. The fraction of sp³-hybridized carbons (Fsp3) is 0.250. The van der Waals surface area contributed by atoms with Crippen LogP contribution in [0.4, 0.5) is 0 Å². The molecule has 27 heavy (non-hydrogen) atoms. The van der Waals surface area contributed by atoms with E-state index in [1.54, 1.807) is 0 Å². The molecule has 5 nitrogen and oxygen atoms in total. The summed E-state index contributed by atoms with van der Waals surface area (Å²) < 4.78 is 0. The van der Waals surface area contributed by atoms with Crippen LogP contribution in [0.3, 0.4) is 0 Å². The van der Waals surface area contributed by atoms with E-state index < -0.39 is 0 Å². The first-order valence-electron chi connectivity index (χ1n) is 8.87. The van der Waals surface area contributed by atoms with Crippen molar-refractivity contribution in [3.05, 3.63) is 64.7 Å². The van der Waals surface area contributed by atoms with Crippen molar-refractivity contribution in [2.45, 2.75) is 30.5 Å². The number of carbonyl (C=O) groups is 1. The number of benzene rings is 2. The first-order chi connectivity index (χ1) is 13.2. The second-order valence-electron chi connectivity index (χ2n) is 6.47. The van der Waals surface area contributed by atoms with Crippen LogP contribution in [-0.4, -0.2) is 26.8 Å². The van der Waals surface area contributed by atoms with Crippen LogP contribution >= 0.6 is 23.4 Å². The van der Waals surface area contributed by atoms with Crippen molar-refractivity contribution in [3.8, 4) is 11.4 Å². The highest BCUT2D eigenvalue weighted by atomic mass is 35.5. The molecule has 1 atom stereocenters. The summed E-state index contributed by atoms with van der Waals surface area (Å²) in [7, 11) is 0. The third-order valence-corrected chi connectivity index (χ3v) is 5.72. The third-order valence-electron chi connectivity index (χ3n) is 4.62. The highest BCUT2D eigenvalue weighted by Gasteiger charge is 2.21. The molecule has 1 aliphatic carbocycles. The standard InChI is InChI=1S/C20H19ClN4OS/c21-15-10-8-14(9-11-15)19-23-20(25-24-19)27-12-18(26)22-17-7-3-5-13-4-1-2-6-16(13)17/h1-2,4,6,8-11,17H,3,5,7,12H2,(H,22,26)(H,23,24,25). The summed E-state index contributed by atoms with van der Waals surface area (Å²) in [5.41, 5.74) is 3.48. The van der Waals surface area contributed by atoms with E-state index in [0.29, 0.717) is 16.0 Å². The summed E-state index contributed by atoms with van der Waals surface area (Å²) in [4.78, 5) is 16.8. The molecule has 1 heterocycles. The Bertz CT molecular complexity index is 941. The summed E-state index contributed by atoms with van der Waals surface area (Å²) in [6.07, 6.45) is 3.16. The van der Waals surface area contributed by atoms with Gasteiger partial charge in [-0.15, -0.1) is 5.10 Å². The minimum absolute atomic E-state index is 0.000420. The average Bonchev–Trinajstić information content (AvgIpc) is 3.16. The lowest BCUT2D eigenvalue weighted by Crippen LogP contribution is -2.32. The fourth-order valence-electron chi connectivity index (χ4n) is 3.32. The molecule has 3 aromatic rings. The first kappa shape index (κ1) is 18.1. The average molecular weight is 399 g/mol. The van der Waals surface area contributed by atoms with Crippen molar-refractivity contribution in [3.63, 3.8) is 0 Å². The molecule has 4 rings (SSSR count). The predicted octanol–water partition coefficient (Wildman–Crippen LogP) is 4.41. The van der Waals surface area contributed by atoms with Gasteiger partial charge in [0.2, 0.25) is 11.1 Å². The van der Waals surface area contributed by atoms with E-state index >= 15 is 0 Å². The van der Waals surface area contributed by atoms with Crippen LogP contribution in [0.5, 0.6) is 0 Å². The zero-order chi connectivity index (χ0) is 18.6. The van der Waals surface area contributed by atoms with E-state index in [1.165, 1.54) is 22.9 Å². The van der Waals surface area contributed by atoms with Gasteiger partial charge in [-0.2, -0.15) is 0 Å². The Morgan fingerprint density at radius 1 is 1.22 bits per heavy atom. The largest absolute Gasteiger partial charge is 0.349 e. The number of nitrogens with zero attached hydrogens (tertiary/aromatic N) is 2. The van der Waals surface area contributed by atoms with Gasteiger partial charge in [0.25, 0.3) is 0 Å². The van der Waals surface area contributed by atoms with Crippen LogP contribution < -0.4 is 5.32 Å². The van der Waals surface area contributed by atoms with E-state index in [-0.39, 0.29) is 17.7 Å². The van der Waals surface area contributed by atoms with Gasteiger partial charge in [0.15, 0.2) is 5.82 Å². The van der Waals surface area contributed by atoms with Gasteiger partial charge in [-0.05, 0) is 54.7 Å².